The van der Waals surface area contributed by atoms with Gasteiger partial charge >= 0.3 is 0 Å². The van der Waals surface area contributed by atoms with Crippen molar-refractivity contribution in [2.75, 3.05) is 24.3 Å². The number of carbonyl (C=O) groups excluding carboxylic acids is 1. The first-order valence-electron chi connectivity index (χ1n) is 7.59. The first kappa shape index (κ1) is 15.0. The predicted octanol–water partition coefficient (Wildman–Crippen LogP) is 2.36. The molecule has 2 aromatic rings. The number of nitrogens with zero attached hydrogens (tertiary/aromatic N) is 1. The zero-order valence-corrected chi connectivity index (χ0v) is 14.0. The van der Waals surface area contributed by atoms with Crippen molar-refractivity contribution in [1.29, 1.82) is 0 Å². The van der Waals surface area contributed by atoms with Crippen LogP contribution in [0.2, 0.25) is 0 Å². The van der Waals surface area contributed by atoms with Gasteiger partial charge < -0.3 is 10.1 Å². The summed E-state index contributed by atoms with van der Waals surface area (Å²) in [5, 5.41) is 9.81. The largest absolute Gasteiger partial charge is 0.381 e. The minimum atomic E-state index is -0.114. The normalized spacial score (nSPS) is 22.4. The lowest BCUT2D eigenvalue weighted by Crippen LogP contribution is -2.24. The molecule has 2 N–H and O–H groups in total. The molecule has 2 aliphatic heterocycles. The highest BCUT2D eigenvalue weighted by Crippen LogP contribution is 2.41. The molecule has 122 valence electrons. The summed E-state index contributed by atoms with van der Waals surface area (Å²) in [6.07, 6.45) is 1.67. The summed E-state index contributed by atoms with van der Waals surface area (Å²) in [6.45, 7) is 1.35. The summed E-state index contributed by atoms with van der Waals surface area (Å²) in [5.74, 6) is 0.921. The van der Waals surface area contributed by atoms with Crippen LogP contribution in [0.25, 0.3) is 0 Å². The average molecular weight is 351 g/mol. The lowest BCUT2D eigenvalue weighted by Gasteiger charge is -2.25. The Labute approximate surface area is 141 Å². The molecule has 2 aliphatic rings. The molecular weight excluding hydrogens is 334 g/mol. The molecule has 1 fully saturated rings. The molecule has 0 bridgehead atoms. The predicted molar refractivity (Wildman–Crippen MR) is 91.4 cm³/mol. The summed E-state index contributed by atoms with van der Waals surface area (Å²) >= 11 is 3.11. The van der Waals surface area contributed by atoms with Gasteiger partial charge in [-0.3, -0.25) is 19.4 Å². The number of aromatic amines is 1. The summed E-state index contributed by atoms with van der Waals surface area (Å²) in [4.78, 5) is 24.7. The molecule has 8 heteroatoms. The fourth-order valence-electron chi connectivity index (χ4n) is 3.15. The van der Waals surface area contributed by atoms with E-state index in [1.807, 2.05) is 21.5 Å². The molecule has 23 heavy (non-hydrogen) atoms. The number of hydrogen-bond acceptors (Lipinski definition) is 5. The molecule has 1 amide bonds. The molecule has 2 aromatic heterocycles. The van der Waals surface area contributed by atoms with Crippen molar-refractivity contribution < 1.29 is 9.53 Å². The molecule has 0 radical (unpaired) electrons. The van der Waals surface area contributed by atoms with Crippen LogP contribution in [0, 0.1) is 0 Å². The number of hydrogen-bond donors (Lipinski definition) is 2. The number of thiophene rings is 1. The van der Waals surface area contributed by atoms with Gasteiger partial charge in [-0.05, 0) is 35.2 Å². The van der Waals surface area contributed by atoms with Gasteiger partial charge in [0.25, 0.3) is 5.56 Å². The maximum Gasteiger partial charge on any atom is 0.270 e. The molecule has 0 saturated carbocycles. The Morgan fingerprint density at radius 3 is 2.83 bits per heavy atom. The van der Waals surface area contributed by atoms with Crippen molar-refractivity contribution in [2.45, 2.75) is 24.1 Å². The van der Waals surface area contributed by atoms with Crippen molar-refractivity contribution in [1.82, 2.24) is 9.78 Å². The van der Waals surface area contributed by atoms with Gasteiger partial charge in [-0.25, -0.2) is 0 Å². The summed E-state index contributed by atoms with van der Waals surface area (Å²) < 4.78 is 7.25. The number of rotatable bonds is 2. The molecule has 0 unspecified atom stereocenters. The van der Waals surface area contributed by atoms with E-state index in [2.05, 4.69) is 10.4 Å². The van der Waals surface area contributed by atoms with E-state index in [1.54, 1.807) is 11.3 Å². The van der Waals surface area contributed by atoms with E-state index in [1.165, 1.54) is 11.8 Å². The fraction of sp³-hybridized carbons (Fsp3) is 0.467. The van der Waals surface area contributed by atoms with E-state index in [9.17, 15) is 9.59 Å². The second kappa shape index (κ2) is 6.18. The van der Waals surface area contributed by atoms with E-state index >= 15 is 0 Å². The highest BCUT2D eigenvalue weighted by molar-refractivity contribution is 8.00. The van der Waals surface area contributed by atoms with Gasteiger partial charge in [0.1, 0.15) is 5.82 Å². The average Bonchev–Trinajstić information content (AvgIpc) is 3.15. The van der Waals surface area contributed by atoms with Crippen LogP contribution in [-0.4, -0.2) is 34.7 Å². The third-order valence-electron chi connectivity index (χ3n) is 4.27. The quantitative estimate of drug-likeness (QED) is 0.871. The monoisotopic (exact) mass is 351 g/mol. The van der Waals surface area contributed by atoms with Crippen LogP contribution in [0.15, 0.2) is 21.6 Å². The first-order valence-corrected chi connectivity index (χ1v) is 9.59. The maximum absolute atomic E-state index is 12.6. The molecule has 1 saturated heterocycles. The Morgan fingerprint density at radius 2 is 2.09 bits per heavy atom. The number of carbonyl (C=O) groups is 1. The molecule has 4 rings (SSSR count). The maximum atomic E-state index is 12.6. The number of anilines is 1. The minimum absolute atomic E-state index is 0.0613. The van der Waals surface area contributed by atoms with Crippen LogP contribution >= 0.6 is 23.1 Å². The van der Waals surface area contributed by atoms with Crippen molar-refractivity contribution in [3.8, 4) is 0 Å². The van der Waals surface area contributed by atoms with Crippen LogP contribution < -0.4 is 10.9 Å². The number of aromatic nitrogens is 2. The Morgan fingerprint density at radius 1 is 1.26 bits per heavy atom. The number of H-pyrrole nitrogens is 1. The number of amides is 1. The van der Waals surface area contributed by atoms with Crippen molar-refractivity contribution in [3.05, 3.63) is 38.3 Å². The molecule has 0 aliphatic carbocycles. The second-order valence-electron chi connectivity index (χ2n) is 5.71. The van der Waals surface area contributed by atoms with Gasteiger partial charge in [-0.1, -0.05) is 0 Å². The van der Waals surface area contributed by atoms with Gasteiger partial charge in [0.15, 0.2) is 0 Å². The van der Waals surface area contributed by atoms with Crippen molar-refractivity contribution in [2.24, 2.45) is 0 Å². The SMILES string of the molecule is O=C1CS[C@@H](c2ccsc2)c2c(n(C3CCOCC3)[nH]c2=O)N1. The molecular formula is C15H17N3O3S2. The summed E-state index contributed by atoms with van der Waals surface area (Å²) in [7, 11) is 0. The van der Waals surface area contributed by atoms with Gasteiger partial charge in [0.05, 0.1) is 22.6 Å². The number of fused-ring (bicyclic) bond motifs is 1. The van der Waals surface area contributed by atoms with Gasteiger partial charge in [0, 0.05) is 13.2 Å². The van der Waals surface area contributed by atoms with E-state index in [0.29, 0.717) is 30.3 Å². The standard InChI is InChI=1S/C15H17N3O3S2/c19-11-8-23-13(9-3-6-22-7-9)12-14(16-11)18(17-15(12)20)10-1-4-21-5-2-10/h3,6-7,10,13H,1-2,4-5,8H2,(H,16,19)(H,17,20)/t13-/m0/s1. The van der Waals surface area contributed by atoms with Crippen molar-refractivity contribution in [3.63, 3.8) is 0 Å². The van der Waals surface area contributed by atoms with Gasteiger partial charge in [-0.2, -0.15) is 11.3 Å². The zero-order valence-electron chi connectivity index (χ0n) is 12.4. The van der Waals surface area contributed by atoms with E-state index in [-0.39, 0.29) is 22.8 Å². The highest BCUT2D eigenvalue weighted by atomic mass is 32.2. The van der Waals surface area contributed by atoms with Gasteiger partial charge in [0.2, 0.25) is 5.91 Å². The number of nitrogens with one attached hydrogen (secondary N) is 2. The van der Waals surface area contributed by atoms with E-state index < -0.39 is 0 Å². The van der Waals surface area contributed by atoms with Crippen LogP contribution in [0.1, 0.15) is 35.3 Å². The minimum Gasteiger partial charge on any atom is -0.381 e. The summed E-state index contributed by atoms with van der Waals surface area (Å²) in [5.41, 5.74) is 1.62. The number of thioether (sulfide) groups is 1. The molecule has 0 aromatic carbocycles. The number of ether oxygens (including phenoxy) is 1. The Hall–Kier alpha value is -1.51. The molecule has 1 atom stereocenters. The summed E-state index contributed by atoms with van der Waals surface area (Å²) in [6, 6.07) is 2.18. The molecule has 0 spiro atoms. The molecule has 6 nitrogen and oxygen atoms in total. The van der Waals surface area contributed by atoms with Crippen LogP contribution in [0.3, 0.4) is 0 Å². The second-order valence-corrected chi connectivity index (χ2v) is 7.59. The lowest BCUT2D eigenvalue weighted by atomic mass is 10.1. The van der Waals surface area contributed by atoms with Crippen LogP contribution in [-0.2, 0) is 9.53 Å². The van der Waals surface area contributed by atoms with Crippen LogP contribution in [0.4, 0.5) is 5.82 Å². The Bertz CT molecular complexity index is 760. The highest BCUT2D eigenvalue weighted by Gasteiger charge is 2.32. The fourth-order valence-corrected chi connectivity index (χ4v) is 5.04. The first-order chi connectivity index (χ1) is 11.2. The van der Waals surface area contributed by atoms with Gasteiger partial charge in [-0.15, -0.1) is 11.8 Å². The smallest absolute Gasteiger partial charge is 0.270 e. The van der Waals surface area contributed by atoms with E-state index in [4.69, 9.17) is 4.74 Å². The molecule has 4 heterocycles. The third kappa shape index (κ3) is 2.75. The zero-order chi connectivity index (χ0) is 15.8. The van der Waals surface area contributed by atoms with E-state index in [0.717, 1.165) is 18.4 Å². The Kier molecular flexibility index (Phi) is 4.04. The third-order valence-corrected chi connectivity index (χ3v) is 6.24. The van der Waals surface area contributed by atoms with Crippen LogP contribution in [0.5, 0.6) is 0 Å². The van der Waals surface area contributed by atoms with Crippen molar-refractivity contribution >= 4 is 34.8 Å². The lowest BCUT2D eigenvalue weighted by molar-refractivity contribution is -0.113. The topological polar surface area (TPSA) is 76.1 Å². The Balaban J connectivity index is 1.82.